The molecule has 0 amide bonds. The van der Waals surface area contributed by atoms with Gasteiger partial charge in [-0.3, -0.25) is 0 Å². The minimum absolute atomic E-state index is 0.356. The van der Waals surface area contributed by atoms with Crippen molar-refractivity contribution in [1.29, 1.82) is 0 Å². The van der Waals surface area contributed by atoms with E-state index in [9.17, 15) is 4.79 Å². The lowest BCUT2D eigenvalue weighted by molar-refractivity contribution is 0.0600. The van der Waals surface area contributed by atoms with Crippen LogP contribution in [0.3, 0.4) is 0 Å². The second-order valence-corrected chi connectivity index (χ2v) is 5.27. The number of nitrogens with two attached hydrogens (primary N) is 1. The summed E-state index contributed by atoms with van der Waals surface area (Å²) < 4.78 is 4.71. The lowest BCUT2D eigenvalue weighted by Crippen LogP contribution is -2.02. The zero-order valence-corrected chi connectivity index (χ0v) is 11.7. The number of hydrogen-bond acceptors (Lipinski definition) is 4. The number of aryl methyl sites for hydroxylation is 1. The molecule has 0 spiro atoms. The molecule has 0 radical (unpaired) electrons. The molecule has 98 valence electrons. The topological polar surface area (TPSA) is 52.3 Å². The number of rotatable bonds is 3. The molecule has 2 aromatic carbocycles. The molecule has 0 unspecified atom stereocenters. The van der Waals surface area contributed by atoms with E-state index in [2.05, 4.69) is 0 Å². The van der Waals surface area contributed by atoms with Crippen molar-refractivity contribution in [3.05, 3.63) is 53.6 Å². The highest BCUT2D eigenvalue weighted by Crippen LogP contribution is 2.32. The van der Waals surface area contributed by atoms with Gasteiger partial charge in [-0.15, -0.1) is 0 Å². The number of anilines is 1. The zero-order valence-electron chi connectivity index (χ0n) is 10.8. The maximum Gasteiger partial charge on any atom is 0.337 e. The van der Waals surface area contributed by atoms with Crippen LogP contribution in [0.25, 0.3) is 0 Å². The van der Waals surface area contributed by atoms with Crippen LogP contribution in [0.15, 0.2) is 52.3 Å². The summed E-state index contributed by atoms with van der Waals surface area (Å²) in [7, 11) is 1.37. The number of carbonyl (C=O) groups excluding carboxylic acids is 1. The molecule has 19 heavy (non-hydrogen) atoms. The maximum absolute atomic E-state index is 11.5. The Bertz CT molecular complexity index is 594. The summed E-state index contributed by atoms with van der Waals surface area (Å²) in [6.45, 7) is 2.04. The van der Waals surface area contributed by atoms with Gasteiger partial charge in [-0.2, -0.15) is 0 Å². The highest BCUT2D eigenvalue weighted by atomic mass is 32.2. The Morgan fingerprint density at radius 1 is 1.16 bits per heavy atom. The third kappa shape index (κ3) is 3.29. The van der Waals surface area contributed by atoms with Crippen molar-refractivity contribution >= 4 is 23.4 Å². The molecule has 0 aliphatic heterocycles. The number of methoxy groups -OCH3 is 1. The van der Waals surface area contributed by atoms with E-state index in [0.717, 1.165) is 9.79 Å². The minimum Gasteiger partial charge on any atom is -0.465 e. The van der Waals surface area contributed by atoms with Crippen LogP contribution in [-0.4, -0.2) is 13.1 Å². The quantitative estimate of drug-likeness (QED) is 0.686. The maximum atomic E-state index is 11.5. The fraction of sp³-hybridized carbons (Fsp3) is 0.133. The van der Waals surface area contributed by atoms with E-state index in [1.165, 1.54) is 24.4 Å². The average molecular weight is 273 g/mol. The van der Waals surface area contributed by atoms with Gasteiger partial charge in [-0.1, -0.05) is 29.5 Å². The van der Waals surface area contributed by atoms with Gasteiger partial charge in [-0.25, -0.2) is 4.79 Å². The van der Waals surface area contributed by atoms with Crippen LogP contribution in [0, 0.1) is 6.92 Å². The normalized spacial score (nSPS) is 10.2. The number of nitrogen functional groups attached to an aromatic ring is 1. The molecule has 4 heteroatoms. The van der Waals surface area contributed by atoms with Crippen molar-refractivity contribution in [3.8, 4) is 0 Å². The Balaban J connectivity index is 2.28. The molecular formula is C15H15NO2S. The molecule has 0 bridgehead atoms. The highest BCUT2D eigenvalue weighted by molar-refractivity contribution is 7.99. The first-order valence-corrected chi connectivity index (χ1v) is 6.64. The van der Waals surface area contributed by atoms with E-state index in [1.54, 1.807) is 18.2 Å². The van der Waals surface area contributed by atoms with Gasteiger partial charge in [0.2, 0.25) is 0 Å². The van der Waals surface area contributed by atoms with Gasteiger partial charge in [0, 0.05) is 15.5 Å². The van der Waals surface area contributed by atoms with E-state index >= 15 is 0 Å². The largest absolute Gasteiger partial charge is 0.465 e. The van der Waals surface area contributed by atoms with Crippen molar-refractivity contribution in [2.45, 2.75) is 16.7 Å². The van der Waals surface area contributed by atoms with Gasteiger partial charge in [0.15, 0.2) is 0 Å². The summed E-state index contributed by atoms with van der Waals surface area (Å²) in [6, 6.07) is 13.3. The van der Waals surface area contributed by atoms with Crippen LogP contribution in [0.1, 0.15) is 15.9 Å². The molecule has 0 fully saturated rings. The molecular weight excluding hydrogens is 258 g/mol. The summed E-state index contributed by atoms with van der Waals surface area (Å²) in [4.78, 5) is 13.4. The molecule has 2 aromatic rings. The molecule has 0 aliphatic carbocycles. The fourth-order valence-corrected chi connectivity index (χ4v) is 2.50. The van der Waals surface area contributed by atoms with E-state index in [1.807, 2.05) is 31.2 Å². The van der Waals surface area contributed by atoms with Crippen LogP contribution in [0.5, 0.6) is 0 Å². The van der Waals surface area contributed by atoms with Gasteiger partial charge >= 0.3 is 5.97 Å². The van der Waals surface area contributed by atoms with Crippen molar-refractivity contribution < 1.29 is 9.53 Å². The first kappa shape index (κ1) is 13.5. The lowest BCUT2D eigenvalue weighted by Gasteiger charge is -2.07. The summed E-state index contributed by atoms with van der Waals surface area (Å²) >= 11 is 1.53. The number of ether oxygens (including phenoxy) is 1. The van der Waals surface area contributed by atoms with Crippen LogP contribution in [-0.2, 0) is 4.74 Å². The third-order valence-corrected chi connectivity index (χ3v) is 3.76. The first-order valence-electron chi connectivity index (χ1n) is 5.82. The van der Waals surface area contributed by atoms with Gasteiger partial charge < -0.3 is 10.5 Å². The summed E-state index contributed by atoms with van der Waals surface area (Å²) in [5.74, 6) is -0.356. The van der Waals surface area contributed by atoms with Gasteiger partial charge in [0.25, 0.3) is 0 Å². The molecule has 2 rings (SSSR count). The highest BCUT2D eigenvalue weighted by Gasteiger charge is 2.09. The molecule has 0 atom stereocenters. The van der Waals surface area contributed by atoms with E-state index in [0.29, 0.717) is 11.3 Å². The second-order valence-electron chi connectivity index (χ2n) is 4.16. The Kier molecular flexibility index (Phi) is 4.12. The lowest BCUT2D eigenvalue weighted by atomic mass is 10.2. The van der Waals surface area contributed by atoms with Crippen molar-refractivity contribution in [3.63, 3.8) is 0 Å². The van der Waals surface area contributed by atoms with Crippen molar-refractivity contribution in [1.82, 2.24) is 0 Å². The number of esters is 1. The van der Waals surface area contributed by atoms with Gasteiger partial charge in [0.1, 0.15) is 0 Å². The molecule has 0 aromatic heterocycles. The Morgan fingerprint density at radius 3 is 2.47 bits per heavy atom. The molecule has 0 saturated carbocycles. The predicted octanol–water partition coefficient (Wildman–Crippen LogP) is 3.52. The fourth-order valence-electron chi connectivity index (χ4n) is 1.60. The standard InChI is InChI=1S/C15H15NO2S/c1-10-3-6-12(7-4-10)19-14-9-11(15(17)18-2)5-8-13(14)16/h3-9H,16H2,1-2H3. The minimum atomic E-state index is -0.356. The molecule has 0 saturated heterocycles. The van der Waals surface area contributed by atoms with Crippen molar-refractivity contribution in [2.75, 3.05) is 12.8 Å². The SMILES string of the molecule is COC(=O)c1ccc(N)c(Sc2ccc(C)cc2)c1. The molecule has 3 nitrogen and oxygen atoms in total. The number of carbonyl (C=O) groups is 1. The number of benzene rings is 2. The van der Waals surface area contributed by atoms with Gasteiger partial charge in [-0.05, 0) is 37.3 Å². The second kappa shape index (κ2) is 5.80. The van der Waals surface area contributed by atoms with Crippen LogP contribution in [0.2, 0.25) is 0 Å². The van der Waals surface area contributed by atoms with Crippen LogP contribution < -0.4 is 5.73 Å². The monoisotopic (exact) mass is 273 g/mol. The summed E-state index contributed by atoms with van der Waals surface area (Å²) in [5.41, 5.74) is 8.30. The van der Waals surface area contributed by atoms with Gasteiger partial charge in [0.05, 0.1) is 12.7 Å². The smallest absolute Gasteiger partial charge is 0.337 e. The Labute approximate surface area is 116 Å². The summed E-state index contributed by atoms with van der Waals surface area (Å²) in [6.07, 6.45) is 0. The van der Waals surface area contributed by atoms with E-state index in [-0.39, 0.29) is 5.97 Å². The molecule has 2 N–H and O–H groups in total. The average Bonchev–Trinajstić information content (AvgIpc) is 2.43. The Hall–Kier alpha value is -1.94. The first-order chi connectivity index (χ1) is 9.10. The van der Waals surface area contributed by atoms with Crippen LogP contribution >= 0.6 is 11.8 Å². The Morgan fingerprint density at radius 2 is 1.84 bits per heavy atom. The predicted molar refractivity (Wildman–Crippen MR) is 77.5 cm³/mol. The number of hydrogen-bond donors (Lipinski definition) is 1. The van der Waals surface area contributed by atoms with E-state index in [4.69, 9.17) is 10.5 Å². The molecule has 0 heterocycles. The van der Waals surface area contributed by atoms with E-state index < -0.39 is 0 Å². The summed E-state index contributed by atoms with van der Waals surface area (Å²) in [5, 5.41) is 0. The zero-order chi connectivity index (χ0) is 13.8. The van der Waals surface area contributed by atoms with Crippen molar-refractivity contribution in [2.24, 2.45) is 0 Å². The molecule has 0 aliphatic rings. The third-order valence-electron chi connectivity index (χ3n) is 2.68. The van der Waals surface area contributed by atoms with Crippen LogP contribution in [0.4, 0.5) is 5.69 Å².